The van der Waals surface area contributed by atoms with Gasteiger partial charge in [-0.1, -0.05) is 41.4 Å². The average molecular weight is 318 g/mol. The largest absolute Gasteiger partial charge is 0.207 e. The molecule has 0 saturated carbocycles. The number of aryl methyl sites for hydroxylation is 1. The Labute approximate surface area is 127 Å². The van der Waals surface area contributed by atoms with Gasteiger partial charge in [0.05, 0.1) is 15.4 Å². The molecule has 100 valence electrons. The molecule has 1 atom stereocenters. The fourth-order valence-electron chi connectivity index (χ4n) is 1.85. The number of hydrogen-bond acceptors (Lipinski definition) is 0. The summed E-state index contributed by atoms with van der Waals surface area (Å²) in [7, 11) is 0. The van der Waals surface area contributed by atoms with Crippen molar-refractivity contribution in [1.29, 1.82) is 0 Å². The van der Waals surface area contributed by atoms with Crippen LogP contribution in [0.15, 0.2) is 36.4 Å². The topological polar surface area (TPSA) is 0 Å². The normalized spacial score (nSPS) is 12.5. The van der Waals surface area contributed by atoms with Gasteiger partial charge in [0.25, 0.3) is 0 Å². The van der Waals surface area contributed by atoms with E-state index >= 15 is 0 Å². The van der Waals surface area contributed by atoms with Crippen molar-refractivity contribution in [3.05, 3.63) is 69.0 Å². The van der Waals surface area contributed by atoms with E-state index in [-0.39, 0.29) is 11.2 Å². The van der Waals surface area contributed by atoms with E-state index in [1.165, 1.54) is 6.07 Å². The van der Waals surface area contributed by atoms with E-state index in [9.17, 15) is 4.39 Å². The van der Waals surface area contributed by atoms with Crippen molar-refractivity contribution in [3.8, 4) is 0 Å². The van der Waals surface area contributed by atoms with Crippen LogP contribution in [0.5, 0.6) is 0 Å². The summed E-state index contributed by atoms with van der Waals surface area (Å²) < 4.78 is 13.2. The van der Waals surface area contributed by atoms with Gasteiger partial charge < -0.3 is 0 Å². The van der Waals surface area contributed by atoms with Crippen LogP contribution in [0.25, 0.3) is 0 Å². The zero-order valence-corrected chi connectivity index (χ0v) is 12.5. The quantitative estimate of drug-likeness (QED) is 0.612. The number of alkyl halides is 1. The van der Waals surface area contributed by atoms with E-state index in [0.717, 1.165) is 11.1 Å². The fraction of sp³-hybridized carbons (Fsp3) is 0.200. The Morgan fingerprint density at radius 3 is 2.42 bits per heavy atom. The van der Waals surface area contributed by atoms with Crippen molar-refractivity contribution in [1.82, 2.24) is 0 Å². The molecule has 0 fully saturated rings. The van der Waals surface area contributed by atoms with Crippen LogP contribution in [0.4, 0.5) is 4.39 Å². The second kappa shape index (κ2) is 6.13. The van der Waals surface area contributed by atoms with Crippen molar-refractivity contribution in [3.63, 3.8) is 0 Å². The van der Waals surface area contributed by atoms with Crippen molar-refractivity contribution in [2.45, 2.75) is 18.7 Å². The molecule has 0 spiro atoms. The smallest absolute Gasteiger partial charge is 0.126 e. The molecule has 1 unspecified atom stereocenters. The van der Waals surface area contributed by atoms with Crippen LogP contribution >= 0.6 is 34.8 Å². The highest BCUT2D eigenvalue weighted by Crippen LogP contribution is 2.29. The van der Waals surface area contributed by atoms with E-state index < -0.39 is 0 Å². The molecule has 0 heterocycles. The molecule has 4 heteroatoms. The molecule has 0 amide bonds. The Kier molecular flexibility index (Phi) is 4.72. The van der Waals surface area contributed by atoms with Crippen molar-refractivity contribution in [2.75, 3.05) is 0 Å². The van der Waals surface area contributed by atoms with Crippen LogP contribution in [-0.2, 0) is 6.42 Å². The Morgan fingerprint density at radius 2 is 1.79 bits per heavy atom. The first-order valence-corrected chi connectivity index (χ1v) is 7.00. The minimum absolute atomic E-state index is 0.220. The number of halogens is 4. The molecule has 19 heavy (non-hydrogen) atoms. The third-order valence-electron chi connectivity index (χ3n) is 2.94. The number of benzene rings is 2. The fourth-order valence-corrected chi connectivity index (χ4v) is 2.49. The van der Waals surface area contributed by atoms with Crippen molar-refractivity contribution in [2.24, 2.45) is 0 Å². The molecule has 0 bridgehead atoms. The highest BCUT2D eigenvalue weighted by Gasteiger charge is 2.11. The van der Waals surface area contributed by atoms with E-state index in [1.807, 2.05) is 6.07 Å². The van der Waals surface area contributed by atoms with Gasteiger partial charge in [-0.25, -0.2) is 4.39 Å². The summed E-state index contributed by atoms with van der Waals surface area (Å²) in [6, 6.07) is 10.4. The third kappa shape index (κ3) is 3.62. The second-order valence-corrected chi connectivity index (χ2v) is 5.77. The molecule has 2 rings (SSSR count). The van der Waals surface area contributed by atoms with Crippen LogP contribution in [0.2, 0.25) is 10.0 Å². The molecule has 2 aromatic carbocycles. The molecule has 0 aliphatic carbocycles. The van der Waals surface area contributed by atoms with Crippen molar-refractivity contribution >= 4 is 34.8 Å². The summed E-state index contributed by atoms with van der Waals surface area (Å²) in [5.41, 5.74) is 2.49. The zero-order valence-electron chi connectivity index (χ0n) is 10.3. The lowest BCUT2D eigenvalue weighted by molar-refractivity contribution is 0.617. The van der Waals surface area contributed by atoms with Gasteiger partial charge in [-0.2, -0.15) is 0 Å². The first-order chi connectivity index (χ1) is 8.97. The standard InChI is InChI=1S/C15H12Cl3F/c1-9-6-11(3-5-15(9)19)13(17)7-10-2-4-12(16)14(18)8-10/h2-6,8,13H,7H2,1H3. The van der Waals surface area contributed by atoms with E-state index in [2.05, 4.69) is 0 Å². The molecule has 0 nitrogen and oxygen atoms in total. The van der Waals surface area contributed by atoms with Gasteiger partial charge in [0.15, 0.2) is 0 Å². The molecule has 0 aromatic heterocycles. The summed E-state index contributed by atoms with van der Waals surface area (Å²) in [5.74, 6) is -0.220. The lowest BCUT2D eigenvalue weighted by Crippen LogP contribution is -1.97. The maximum atomic E-state index is 13.2. The molecule has 0 aliphatic heterocycles. The monoisotopic (exact) mass is 316 g/mol. The maximum Gasteiger partial charge on any atom is 0.126 e. The van der Waals surface area contributed by atoms with Crippen LogP contribution in [0.3, 0.4) is 0 Å². The van der Waals surface area contributed by atoms with Gasteiger partial charge in [-0.3, -0.25) is 0 Å². The first kappa shape index (κ1) is 14.6. The summed E-state index contributed by atoms with van der Waals surface area (Å²) >= 11 is 18.2. The third-order valence-corrected chi connectivity index (χ3v) is 4.09. The van der Waals surface area contributed by atoms with Crippen LogP contribution in [0.1, 0.15) is 22.1 Å². The lowest BCUT2D eigenvalue weighted by atomic mass is 10.0. The van der Waals surface area contributed by atoms with Crippen LogP contribution in [-0.4, -0.2) is 0 Å². The SMILES string of the molecule is Cc1cc(C(Cl)Cc2ccc(Cl)c(Cl)c2)ccc1F. The minimum Gasteiger partial charge on any atom is -0.207 e. The molecule has 0 saturated heterocycles. The maximum absolute atomic E-state index is 13.2. The van der Waals surface area contributed by atoms with Crippen LogP contribution in [0, 0.1) is 12.7 Å². The molecular formula is C15H12Cl3F. The molecule has 2 aromatic rings. The lowest BCUT2D eigenvalue weighted by Gasteiger charge is -2.11. The highest BCUT2D eigenvalue weighted by molar-refractivity contribution is 6.42. The number of hydrogen-bond donors (Lipinski definition) is 0. The van der Waals surface area contributed by atoms with Gasteiger partial charge in [-0.05, 0) is 48.2 Å². The zero-order chi connectivity index (χ0) is 14.0. The van der Waals surface area contributed by atoms with Crippen molar-refractivity contribution < 1.29 is 4.39 Å². The molecule has 0 aliphatic rings. The summed E-state index contributed by atoms with van der Waals surface area (Å²) in [4.78, 5) is 0. The number of rotatable bonds is 3. The average Bonchev–Trinajstić information content (AvgIpc) is 2.37. The van der Waals surface area contributed by atoms with Gasteiger partial charge in [0.2, 0.25) is 0 Å². The Morgan fingerprint density at radius 1 is 1.05 bits per heavy atom. The summed E-state index contributed by atoms with van der Waals surface area (Å²) in [6.45, 7) is 1.72. The Balaban J connectivity index is 2.17. The summed E-state index contributed by atoms with van der Waals surface area (Å²) in [5, 5.41) is 0.809. The summed E-state index contributed by atoms with van der Waals surface area (Å²) in [6.07, 6.45) is 0.615. The molecule has 0 radical (unpaired) electrons. The molecule has 0 N–H and O–H groups in total. The van der Waals surface area contributed by atoms with Crippen LogP contribution < -0.4 is 0 Å². The Bertz CT molecular complexity index is 596. The van der Waals surface area contributed by atoms with Gasteiger partial charge >= 0.3 is 0 Å². The second-order valence-electron chi connectivity index (χ2n) is 4.43. The molecular weight excluding hydrogens is 306 g/mol. The highest BCUT2D eigenvalue weighted by atomic mass is 35.5. The Hall–Kier alpha value is -0.760. The van der Waals surface area contributed by atoms with E-state index in [1.54, 1.807) is 31.2 Å². The minimum atomic E-state index is -0.225. The predicted molar refractivity (Wildman–Crippen MR) is 79.9 cm³/mol. The first-order valence-electron chi connectivity index (χ1n) is 5.81. The van der Waals surface area contributed by atoms with E-state index in [0.29, 0.717) is 22.0 Å². The van der Waals surface area contributed by atoms with Gasteiger partial charge in [-0.15, -0.1) is 11.6 Å². The predicted octanol–water partition coefficient (Wildman–Crippen LogP) is 5.96. The van der Waals surface area contributed by atoms with Gasteiger partial charge in [0, 0.05) is 0 Å². The van der Waals surface area contributed by atoms with E-state index in [4.69, 9.17) is 34.8 Å². The van der Waals surface area contributed by atoms with Gasteiger partial charge in [0.1, 0.15) is 5.82 Å².